The quantitative estimate of drug-likeness (QED) is 0.457. The summed E-state index contributed by atoms with van der Waals surface area (Å²) in [5.41, 5.74) is 1.81. The van der Waals surface area contributed by atoms with Crippen LogP contribution in [0.5, 0.6) is 5.75 Å². The lowest BCUT2D eigenvalue weighted by Crippen LogP contribution is -2.28. The molecule has 0 saturated heterocycles. The van der Waals surface area contributed by atoms with E-state index in [1.54, 1.807) is 43.5 Å². The molecule has 32 heavy (non-hydrogen) atoms. The fourth-order valence-electron chi connectivity index (χ4n) is 3.07. The van der Waals surface area contributed by atoms with Crippen molar-refractivity contribution in [1.29, 1.82) is 0 Å². The van der Waals surface area contributed by atoms with Gasteiger partial charge in [0.2, 0.25) is 0 Å². The number of carbonyl (C=O) groups is 1. The Bertz CT molecular complexity index is 1130. The van der Waals surface area contributed by atoms with Gasteiger partial charge >= 0.3 is 0 Å². The van der Waals surface area contributed by atoms with Gasteiger partial charge in [-0.15, -0.1) is 0 Å². The van der Waals surface area contributed by atoms with Gasteiger partial charge in [-0.3, -0.25) is 9.10 Å². The summed E-state index contributed by atoms with van der Waals surface area (Å²) in [4.78, 5) is 12.6. The van der Waals surface area contributed by atoms with Gasteiger partial charge in [-0.05, 0) is 61.0 Å². The largest absolute Gasteiger partial charge is 0.497 e. The average Bonchev–Trinajstić information content (AvgIpc) is 2.84. The maximum absolute atomic E-state index is 13.1. The molecule has 168 valence electrons. The van der Waals surface area contributed by atoms with Crippen molar-refractivity contribution < 1.29 is 17.9 Å². The molecule has 1 amide bonds. The number of para-hydroxylation sites is 1. The third kappa shape index (κ3) is 5.79. The fraction of sp³-hybridized carbons (Fsp3) is 0.208. The zero-order valence-corrected chi connectivity index (χ0v) is 18.9. The van der Waals surface area contributed by atoms with Gasteiger partial charge in [0.05, 0.1) is 17.7 Å². The molecule has 0 aliphatic heterocycles. The van der Waals surface area contributed by atoms with Crippen LogP contribution in [0, 0.1) is 0 Å². The highest BCUT2D eigenvalue weighted by Crippen LogP contribution is 2.24. The van der Waals surface area contributed by atoms with Crippen molar-refractivity contribution in [3.8, 4) is 5.75 Å². The summed E-state index contributed by atoms with van der Waals surface area (Å²) in [6, 6.07) is 22.6. The van der Waals surface area contributed by atoms with Crippen LogP contribution in [0.4, 0.5) is 11.4 Å². The third-order valence-electron chi connectivity index (χ3n) is 4.93. The second-order valence-corrected chi connectivity index (χ2v) is 9.07. The number of amides is 1. The smallest absolute Gasteiger partial charge is 0.264 e. The van der Waals surface area contributed by atoms with Crippen molar-refractivity contribution in [2.75, 3.05) is 36.9 Å². The van der Waals surface area contributed by atoms with Crippen LogP contribution in [0.3, 0.4) is 0 Å². The number of rotatable bonds is 10. The number of sulfonamides is 1. The van der Waals surface area contributed by atoms with Crippen LogP contribution in [0.2, 0.25) is 0 Å². The van der Waals surface area contributed by atoms with Crippen molar-refractivity contribution in [2.24, 2.45) is 0 Å². The number of hydrogen-bond donors (Lipinski definition) is 2. The van der Waals surface area contributed by atoms with Crippen LogP contribution < -0.4 is 19.7 Å². The number of benzene rings is 3. The van der Waals surface area contributed by atoms with Crippen molar-refractivity contribution >= 4 is 27.3 Å². The molecule has 0 heterocycles. The monoisotopic (exact) mass is 453 g/mol. The van der Waals surface area contributed by atoms with E-state index in [0.717, 1.165) is 12.1 Å². The summed E-state index contributed by atoms with van der Waals surface area (Å²) in [5, 5.41) is 6.11. The summed E-state index contributed by atoms with van der Waals surface area (Å²) in [5.74, 6) is 0.325. The predicted octanol–water partition coefficient (Wildman–Crippen LogP) is 3.75. The van der Waals surface area contributed by atoms with E-state index in [9.17, 15) is 13.2 Å². The topological polar surface area (TPSA) is 87.7 Å². The molecule has 0 aromatic heterocycles. The Hall–Kier alpha value is -3.52. The summed E-state index contributed by atoms with van der Waals surface area (Å²) in [6.07, 6.45) is 0.735. The summed E-state index contributed by atoms with van der Waals surface area (Å²) in [7, 11) is -0.802. The van der Waals surface area contributed by atoms with Gasteiger partial charge in [0, 0.05) is 31.4 Å². The van der Waals surface area contributed by atoms with Gasteiger partial charge in [0.15, 0.2) is 0 Å². The minimum Gasteiger partial charge on any atom is -0.497 e. The molecule has 8 heteroatoms. The minimum absolute atomic E-state index is 0.0502. The van der Waals surface area contributed by atoms with Gasteiger partial charge in [0.25, 0.3) is 15.9 Å². The first-order chi connectivity index (χ1) is 15.4. The fourth-order valence-corrected chi connectivity index (χ4v) is 4.31. The summed E-state index contributed by atoms with van der Waals surface area (Å²) < 4.78 is 32.4. The minimum atomic E-state index is -3.82. The van der Waals surface area contributed by atoms with Crippen LogP contribution >= 0.6 is 0 Å². The van der Waals surface area contributed by atoms with Crippen molar-refractivity contribution in [3.63, 3.8) is 0 Å². The molecule has 0 aliphatic rings. The van der Waals surface area contributed by atoms with E-state index in [1.807, 2.05) is 30.3 Å². The Balaban J connectivity index is 1.59. The SMILES string of the molecule is COc1ccc(N(C)S(=O)(=O)c2cccc(C(=O)NCCCNc3ccccc3)c2)cc1. The van der Waals surface area contributed by atoms with Crippen LogP contribution in [0.15, 0.2) is 83.8 Å². The highest BCUT2D eigenvalue weighted by Gasteiger charge is 2.22. The number of hydrogen-bond acceptors (Lipinski definition) is 5. The van der Waals surface area contributed by atoms with E-state index in [4.69, 9.17) is 4.74 Å². The number of methoxy groups -OCH3 is 1. The van der Waals surface area contributed by atoms with Crippen molar-refractivity contribution in [2.45, 2.75) is 11.3 Å². The molecule has 3 aromatic rings. The number of nitrogens with zero attached hydrogens (tertiary/aromatic N) is 1. The van der Waals surface area contributed by atoms with Crippen molar-refractivity contribution in [1.82, 2.24) is 5.32 Å². The number of anilines is 2. The van der Waals surface area contributed by atoms with E-state index >= 15 is 0 Å². The molecule has 0 aliphatic carbocycles. The lowest BCUT2D eigenvalue weighted by atomic mass is 10.2. The van der Waals surface area contributed by atoms with Crippen LogP contribution in [-0.2, 0) is 10.0 Å². The first kappa shape index (κ1) is 23.1. The molecule has 0 fully saturated rings. The second kappa shape index (κ2) is 10.7. The molecule has 0 atom stereocenters. The highest BCUT2D eigenvalue weighted by atomic mass is 32.2. The Morgan fingerprint density at radius 1 is 0.938 bits per heavy atom. The van der Waals surface area contributed by atoms with Crippen LogP contribution in [0.1, 0.15) is 16.8 Å². The molecule has 0 saturated carbocycles. The second-order valence-electron chi connectivity index (χ2n) is 7.10. The molecular formula is C24H27N3O4S. The molecular weight excluding hydrogens is 426 g/mol. The number of ether oxygens (including phenoxy) is 1. The van der Waals surface area contributed by atoms with Gasteiger partial charge in [-0.2, -0.15) is 0 Å². The van der Waals surface area contributed by atoms with E-state index in [1.165, 1.54) is 23.5 Å². The third-order valence-corrected chi connectivity index (χ3v) is 6.71. The first-order valence-electron chi connectivity index (χ1n) is 10.2. The molecule has 0 spiro atoms. The maximum atomic E-state index is 13.1. The van der Waals surface area contributed by atoms with Gasteiger partial charge in [-0.1, -0.05) is 24.3 Å². The van der Waals surface area contributed by atoms with Gasteiger partial charge < -0.3 is 15.4 Å². The van der Waals surface area contributed by atoms with Gasteiger partial charge in [0.1, 0.15) is 5.75 Å². The Labute approximate surface area is 189 Å². The highest BCUT2D eigenvalue weighted by molar-refractivity contribution is 7.92. The standard InChI is InChI=1S/C24H27N3O4S/c1-27(21-12-14-22(31-2)15-13-21)32(29,30)23-11-6-8-19(18-23)24(28)26-17-7-16-25-20-9-4-3-5-10-20/h3-6,8-15,18,25H,7,16-17H2,1-2H3,(H,26,28). The van der Waals surface area contributed by atoms with E-state index in [0.29, 0.717) is 30.1 Å². The van der Waals surface area contributed by atoms with E-state index in [-0.39, 0.29) is 10.8 Å². The van der Waals surface area contributed by atoms with Crippen molar-refractivity contribution in [3.05, 3.63) is 84.4 Å². The lowest BCUT2D eigenvalue weighted by molar-refractivity contribution is 0.0953. The van der Waals surface area contributed by atoms with Gasteiger partial charge in [-0.25, -0.2) is 8.42 Å². The normalized spacial score (nSPS) is 10.9. The zero-order valence-electron chi connectivity index (χ0n) is 18.1. The molecule has 0 unspecified atom stereocenters. The average molecular weight is 454 g/mol. The first-order valence-corrected chi connectivity index (χ1v) is 11.7. The Morgan fingerprint density at radius 3 is 2.34 bits per heavy atom. The molecule has 3 aromatic carbocycles. The number of nitrogens with one attached hydrogen (secondary N) is 2. The van der Waals surface area contributed by atoms with Crippen LogP contribution in [0.25, 0.3) is 0 Å². The zero-order chi connectivity index (χ0) is 23.0. The molecule has 2 N–H and O–H groups in total. The molecule has 3 rings (SSSR count). The number of carbonyl (C=O) groups excluding carboxylic acids is 1. The predicted molar refractivity (Wildman–Crippen MR) is 127 cm³/mol. The Morgan fingerprint density at radius 2 is 1.66 bits per heavy atom. The Kier molecular flexibility index (Phi) is 7.72. The van der Waals surface area contributed by atoms with E-state index in [2.05, 4.69) is 10.6 Å². The molecule has 0 radical (unpaired) electrons. The van der Waals surface area contributed by atoms with E-state index < -0.39 is 10.0 Å². The molecule has 0 bridgehead atoms. The lowest BCUT2D eigenvalue weighted by Gasteiger charge is -2.20. The van der Waals surface area contributed by atoms with Crippen LogP contribution in [-0.4, -0.2) is 41.6 Å². The summed E-state index contributed by atoms with van der Waals surface area (Å²) in [6.45, 7) is 1.19. The molecule has 7 nitrogen and oxygen atoms in total. The maximum Gasteiger partial charge on any atom is 0.264 e. The summed E-state index contributed by atoms with van der Waals surface area (Å²) >= 11 is 0.